The van der Waals surface area contributed by atoms with E-state index in [1.54, 1.807) is 6.20 Å². The molecule has 1 atom stereocenters. The fraction of sp³-hybridized carbons (Fsp3) is 0.214. The van der Waals surface area contributed by atoms with Crippen LogP contribution >= 0.6 is 15.9 Å². The number of hydrogen-bond donors (Lipinski definition) is 1. The van der Waals surface area contributed by atoms with Gasteiger partial charge in [-0.1, -0.05) is 11.2 Å². The third kappa shape index (κ3) is 2.16. The number of fused-ring (bicyclic) bond motifs is 1. The molecule has 0 bridgehead atoms. The largest absolute Gasteiger partial charge is 0.478 e. The first-order valence-electron chi connectivity index (χ1n) is 6.02. The van der Waals surface area contributed by atoms with Crippen molar-refractivity contribution < 1.29 is 14.7 Å². The van der Waals surface area contributed by atoms with E-state index in [9.17, 15) is 4.79 Å². The van der Waals surface area contributed by atoms with Crippen LogP contribution in [0.4, 0.5) is 0 Å². The molecule has 1 aromatic carbocycles. The number of pyridine rings is 1. The van der Waals surface area contributed by atoms with E-state index in [1.165, 1.54) is 6.92 Å². The number of aliphatic carboxylic acids is 1. The lowest BCUT2D eigenvalue weighted by atomic mass is 9.95. The van der Waals surface area contributed by atoms with Gasteiger partial charge in [-0.25, -0.2) is 4.79 Å². The number of benzene rings is 1. The van der Waals surface area contributed by atoms with Gasteiger partial charge >= 0.3 is 5.97 Å². The van der Waals surface area contributed by atoms with Crippen molar-refractivity contribution in [2.24, 2.45) is 5.16 Å². The molecule has 3 rings (SSSR count). The highest BCUT2D eigenvalue weighted by Crippen LogP contribution is 2.28. The van der Waals surface area contributed by atoms with Crippen LogP contribution in [0.15, 0.2) is 40.1 Å². The topological polar surface area (TPSA) is 71.8 Å². The predicted molar refractivity (Wildman–Crippen MR) is 77.7 cm³/mol. The molecule has 6 heteroatoms. The Labute approximate surface area is 123 Å². The summed E-state index contributed by atoms with van der Waals surface area (Å²) in [5.74, 6) is -1.01. The van der Waals surface area contributed by atoms with E-state index in [2.05, 4.69) is 26.1 Å². The molecule has 0 spiro atoms. The zero-order valence-electron chi connectivity index (χ0n) is 10.6. The van der Waals surface area contributed by atoms with E-state index in [0.29, 0.717) is 5.71 Å². The normalized spacial score (nSPS) is 21.6. The van der Waals surface area contributed by atoms with Gasteiger partial charge in [0.05, 0.1) is 11.2 Å². The first-order valence-corrected chi connectivity index (χ1v) is 6.81. The minimum atomic E-state index is -1.28. The Morgan fingerprint density at radius 2 is 2.25 bits per heavy atom. The van der Waals surface area contributed by atoms with Crippen LogP contribution in [0.25, 0.3) is 10.9 Å². The Morgan fingerprint density at radius 3 is 2.95 bits per heavy atom. The first kappa shape index (κ1) is 13.1. The molecular formula is C14H11BrN2O3. The zero-order valence-corrected chi connectivity index (χ0v) is 12.2. The van der Waals surface area contributed by atoms with Gasteiger partial charge in [0, 0.05) is 28.0 Å². The van der Waals surface area contributed by atoms with Gasteiger partial charge in [0.2, 0.25) is 5.60 Å². The van der Waals surface area contributed by atoms with Gasteiger partial charge in [-0.2, -0.15) is 0 Å². The number of halogens is 1. The van der Waals surface area contributed by atoms with Gasteiger partial charge in [0.1, 0.15) is 0 Å². The van der Waals surface area contributed by atoms with Gasteiger partial charge in [-0.3, -0.25) is 4.98 Å². The van der Waals surface area contributed by atoms with Crippen molar-refractivity contribution in [1.82, 2.24) is 4.98 Å². The monoisotopic (exact) mass is 334 g/mol. The predicted octanol–water partition coefficient (Wildman–Crippen LogP) is 2.97. The number of carboxylic acids is 1. The van der Waals surface area contributed by atoms with Crippen LogP contribution in [-0.4, -0.2) is 27.4 Å². The molecular weight excluding hydrogens is 324 g/mol. The van der Waals surface area contributed by atoms with Crippen molar-refractivity contribution in [3.8, 4) is 0 Å². The number of carboxylic acid groups (broad SMARTS) is 1. The second-order valence-electron chi connectivity index (χ2n) is 4.90. The van der Waals surface area contributed by atoms with Crippen LogP contribution < -0.4 is 0 Å². The van der Waals surface area contributed by atoms with Crippen molar-refractivity contribution >= 4 is 38.5 Å². The maximum absolute atomic E-state index is 11.1. The molecule has 1 aliphatic rings. The van der Waals surface area contributed by atoms with Crippen LogP contribution in [0, 0.1) is 0 Å². The van der Waals surface area contributed by atoms with Crippen LogP contribution in [0.2, 0.25) is 0 Å². The average Bonchev–Trinajstić information content (AvgIpc) is 2.82. The van der Waals surface area contributed by atoms with Crippen molar-refractivity contribution in [3.63, 3.8) is 0 Å². The Kier molecular flexibility index (Phi) is 2.97. The van der Waals surface area contributed by atoms with Crippen molar-refractivity contribution in [2.75, 3.05) is 0 Å². The second-order valence-corrected chi connectivity index (χ2v) is 5.82. The molecule has 1 aliphatic heterocycles. The molecule has 0 amide bonds. The summed E-state index contributed by atoms with van der Waals surface area (Å²) in [6.45, 7) is 1.52. The van der Waals surface area contributed by atoms with Crippen LogP contribution in [0.5, 0.6) is 0 Å². The van der Waals surface area contributed by atoms with Crippen molar-refractivity contribution in [2.45, 2.75) is 18.9 Å². The quantitative estimate of drug-likeness (QED) is 0.916. The van der Waals surface area contributed by atoms with E-state index in [-0.39, 0.29) is 6.42 Å². The lowest BCUT2D eigenvalue weighted by Gasteiger charge is -2.14. The molecule has 102 valence electrons. The molecule has 2 aromatic rings. The van der Waals surface area contributed by atoms with Crippen LogP contribution in [-0.2, 0) is 9.63 Å². The number of rotatable bonds is 2. The molecule has 1 unspecified atom stereocenters. The summed E-state index contributed by atoms with van der Waals surface area (Å²) in [6.07, 6.45) is 1.98. The smallest absolute Gasteiger partial charge is 0.351 e. The number of nitrogens with zero attached hydrogens (tertiary/aromatic N) is 2. The molecule has 0 saturated carbocycles. The minimum Gasteiger partial charge on any atom is -0.478 e. The molecule has 1 N–H and O–H groups in total. The number of aromatic nitrogens is 1. The molecule has 0 radical (unpaired) electrons. The maximum atomic E-state index is 11.1. The third-order valence-corrected chi connectivity index (χ3v) is 3.73. The molecule has 5 nitrogen and oxygen atoms in total. The van der Waals surface area contributed by atoms with Gasteiger partial charge in [-0.05, 0) is 41.1 Å². The van der Waals surface area contributed by atoms with Crippen molar-refractivity contribution in [3.05, 3.63) is 40.5 Å². The fourth-order valence-corrected chi connectivity index (χ4v) is 2.44. The van der Waals surface area contributed by atoms with E-state index < -0.39 is 11.6 Å². The van der Waals surface area contributed by atoms with Gasteiger partial charge in [-0.15, -0.1) is 0 Å². The molecule has 1 aromatic heterocycles. The highest BCUT2D eigenvalue weighted by molar-refractivity contribution is 9.10. The number of oxime groups is 1. The SMILES string of the molecule is CC1(C(=O)O)CC(c2ccc3ncc(Br)cc3c2)=NO1. The first-order chi connectivity index (χ1) is 9.48. The number of hydrogen-bond acceptors (Lipinski definition) is 4. The Morgan fingerprint density at radius 1 is 1.45 bits per heavy atom. The molecule has 2 heterocycles. The Bertz CT molecular complexity index is 744. The minimum absolute atomic E-state index is 0.245. The molecule has 0 saturated heterocycles. The van der Waals surface area contributed by atoms with E-state index >= 15 is 0 Å². The maximum Gasteiger partial charge on any atom is 0.351 e. The van der Waals surface area contributed by atoms with Gasteiger partial charge in [0.25, 0.3) is 0 Å². The summed E-state index contributed by atoms with van der Waals surface area (Å²) in [5.41, 5.74) is 1.08. The number of carbonyl (C=O) groups is 1. The molecule has 20 heavy (non-hydrogen) atoms. The van der Waals surface area contributed by atoms with E-state index in [0.717, 1.165) is 20.9 Å². The summed E-state index contributed by atoms with van der Waals surface area (Å²) >= 11 is 3.38. The zero-order chi connectivity index (χ0) is 14.3. The third-order valence-electron chi connectivity index (χ3n) is 3.30. The lowest BCUT2D eigenvalue weighted by molar-refractivity contribution is -0.160. The highest BCUT2D eigenvalue weighted by atomic mass is 79.9. The average molecular weight is 335 g/mol. The fourth-order valence-electron chi connectivity index (χ4n) is 2.09. The van der Waals surface area contributed by atoms with Crippen LogP contribution in [0.1, 0.15) is 18.9 Å². The lowest BCUT2D eigenvalue weighted by Crippen LogP contribution is -2.35. The van der Waals surface area contributed by atoms with Gasteiger partial charge in [0.15, 0.2) is 0 Å². The standard InChI is InChI=1S/C14H11BrN2O3/c1-14(13(18)19)6-12(17-20-14)8-2-3-11-9(4-8)5-10(15)7-16-11/h2-5,7H,6H2,1H3,(H,18,19). The summed E-state index contributed by atoms with van der Waals surface area (Å²) < 4.78 is 0.891. The highest BCUT2D eigenvalue weighted by Gasteiger charge is 2.42. The molecule has 0 fully saturated rings. The van der Waals surface area contributed by atoms with Crippen molar-refractivity contribution in [1.29, 1.82) is 0 Å². The summed E-state index contributed by atoms with van der Waals surface area (Å²) in [7, 11) is 0. The van der Waals surface area contributed by atoms with Crippen LogP contribution in [0.3, 0.4) is 0 Å². The summed E-state index contributed by atoms with van der Waals surface area (Å²) in [5, 5.41) is 14.0. The van der Waals surface area contributed by atoms with Gasteiger partial charge < -0.3 is 9.94 Å². The van der Waals surface area contributed by atoms with E-state index in [4.69, 9.17) is 9.94 Å². The molecule has 0 aliphatic carbocycles. The summed E-state index contributed by atoms with van der Waals surface area (Å²) in [4.78, 5) is 20.5. The second kappa shape index (κ2) is 4.56. The van der Waals surface area contributed by atoms with E-state index in [1.807, 2.05) is 24.3 Å². The Hall–Kier alpha value is -1.95. The summed E-state index contributed by atoms with van der Waals surface area (Å²) in [6, 6.07) is 7.65. The Balaban J connectivity index is 1.98.